The van der Waals surface area contributed by atoms with E-state index in [0.29, 0.717) is 18.4 Å². The molecule has 3 N–H and O–H groups in total. The standard InChI is InChI=1S/C16H26N4OS/c1-12(14-5-4-10-22-14)11-19-16(17-2)18-9-3-6-15(21)20-13-7-8-13/h4-5,10,12-13H,3,6-9,11H2,1-2H3,(H,20,21)(H2,17,18,19). The van der Waals surface area contributed by atoms with Gasteiger partial charge in [0.05, 0.1) is 0 Å². The molecule has 1 aliphatic carbocycles. The van der Waals surface area contributed by atoms with Crippen LogP contribution >= 0.6 is 11.3 Å². The molecule has 1 aliphatic rings. The molecular formula is C16H26N4OS. The minimum atomic E-state index is 0.165. The minimum Gasteiger partial charge on any atom is -0.356 e. The summed E-state index contributed by atoms with van der Waals surface area (Å²) in [5, 5.41) is 11.7. The maximum absolute atomic E-state index is 11.6. The maximum atomic E-state index is 11.6. The SMILES string of the molecule is CN=C(NCCCC(=O)NC1CC1)NCC(C)c1cccs1. The van der Waals surface area contributed by atoms with E-state index in [4.69, 9.17) is 0 Å². The third kappa shape index (κ3) is 6.05. The number of nitrogens with one attached hydrogen (secondary N) is 3. The Kier molecular flexibility index (Phi) is 6.71. The van der Waals surface area contributed by atoms with E-state index in [0.717, 1.165) is 38.3 Å². The van der Waals surface area contributed by atoms with E-state index in [1.807, 2.05) is 0 Å². The van der Waals surface area contributed by atoms with E-state index in [1.165, 1.54) is 4.88 Å². The molecule has 1 fully saturated rings. The zero-order valence-electron chi connectivity index (χ0n) is 13.4. The molecule has 1 amide bonds. The molecule has 1 atom stereocenters. The second-order valence-corrected chi connectivity index (χ2v) is 6.72. The molecule has 1 aromatic rings. The first-order chi connectivity index (χ1) is 10.7. The zero-order chi connectivity index (χ0) is 15.8. The molecule has 1 aromatic heterocycles. The number of guanidine groups is 1. The van der Waals surface area contributed by atoms with Gasteiger partial charge < -0.3 is 16.0 Å². The second-order valence-electron chi connectivity index (χ2n) is 5.74. The van der Waals surface area contributed by atoms with Crippen LogP contribution in [0.4, 0.5) is 0 Å². The van der Waals surface area contributed by atoms with Crippen molar-refractivity contribution in [2.24, 2.45) is 4.99 Å². The van der Waals surface area contributed by atoms with Crippen molar-refractivity contribution in [2.75, 3.05) is 20.1 Å². The Hall–Kier alpha value is -1.56. The fourth-order valence-electron chi connectivity index (χ4n) is 2.13. The van der Waals surface area contributed by atoms with Crippen molar-refractivity contribution < 1.29 is 4.79 Å². The summed E-state index contributed by atoms with van der Waals surface area (Å²) in [7, 11) is 1.77. The largest absolute Gasteiger partial charge is 0.356 e. The van der Waals surface area contributed by atoms with Gasteiger partial charge in [0.1, 0.15) is 0 Å². The monoisotopic (exact) mass is 322 g/mol. The number of amides is 1. The Balaban J connectivity index is 1.57. The van der Waals surface area contributed by atoms with Gasteiger partial charge in [-0.05, 0) is 30.7 Å². The lowest BCUT2D eigenvalue weighted by atomic mass is 10.1. The van der Waals surface area contributed by atoms with Gasteiger partial charge in [0.2, 0.25) is 5.91 Å². The van der Waals surface area contributed by atoms with E-state index in [2.05, 4.69) is 45.4 Å². The van der Waals surface area contributed by atoms with E-state index < -0.39 is 0 Å². The Morgan fingerprint density at radius 3 is 2.91 bits per heavy atom. The number of hydrogen-bond acceptors (Lipinski definition) is 3. The van der Waals surface area contributed by atoms with E-state index in [-0.39, 0.29) is 5.91 Å². The van der Waals surface area contributed by atoms with Gasteiger partial charge >= 0.3 is 0 Å². The molecule has 1 heterocycles. The Morgan fingerprint density at radius 2 is 2.27 bits per heavy atom. The van der Waals surface area contributed by atoms with E-state index in [1.54, 1.807) is 18.4 Å². The van der Waals surface area contributed by atoms with Crippen molar-refractivity contribution in [3.05, 3.63) is 22.4 Å². The van der Waals surface area contributed by atoms with Gasteiger partial charge in [-0.25, -0.2) is 0 Å². The molecular weight excluding hydrogens is 296 g/mol. The fraction of sp³-hybridized carbons (Fsp3) is 0.625. The predicted octanol–water partition coefficient (Wildman–Crippen LogP) is 2.08. The van der Waals surface area contributed by atoms with Crippen LogP contribution in [-0.4, -0.2) is 38.0 Å². The van der Waals surface area contributed by atoms with Crippen LogP contribution in [0.15, 0.2) is 22.5 Å². The number of carbonyl (C=O) groups excluding carboxylic acids is 1. The minimum absolute atomic E-state index is 0.165. The smallest absolute Gasteiger partial charge is 0.220 e. The van der Waals surface area contributed by atoms with Crippen LogP contribution in [0.3, 0.4) is 0 Å². The third-order valence-electron chi connectivity index (χ3n) is 3.64. The topological polar surface area (TPSA) is 65.5 Å². The summed E-state index contributed by atoms with van der Waals surface area (Å²) in [6, 6.07) is 4.69. The Bertz CT molecular complexity index is 482. The normalized spacial score (nSPS) is 16.2. The molecule has 2 rings (SSSR count). The molecule has 1 unspecified atom stereocenters. The van der Waals surface area contributed by atoms with Gasteiger partial charge in [-0.3, -0.25) is 9.79 Å². The molecule has 22 heavy (non-hydrogen) atoms. The molecule has 6 heteroatoms. The highest BCUT2D eigenvalue weighted by atomic mass is 32.1. The number of hydrogen-bond donors (Lipinski definition) is 3. The average molecular weight is 322 g/mol. The average Bonchev–Trinajstić information content (AvgIpc) is 3.15. The highest BCUT2D eigenvalue weighted by molar-refractivity contribution is 7.10. The number of thiophene rings is 1. The summed E-state index contributed by atoms with van der Waals surface area (Å²) < 4.78 is 0. The summed E-state index contributed by atoms with van der Waals surface area (Å²) in [4.78, 5) is 17.2. The molecule has 5 nitrogen and oxygen atoms in total. The van der Waals surface area contributed by atoms with Crippen molar-refractivity contribution in [2.45, 2.75) is 44.6 Å². The van der Waals surface area contributed by atoms with Crippen LogP contribution in [0.25, 0.3) is 0 Å². The van der Waals surface area contributed by atoms with Crippen molar-refractivity contribution in [3.8, 4) is 0 Å². The number of nitrogens with zero attached hydrogens (tertiary/aromatic N) is 1. The molecule has 0 bridgehead atoms. The molecule has 0 saturated heterocycles. The van der Waals surface area contributed by atoms with Gasteiger partial charge in [0, 0.05) is 43.4 Å². The van der Waals surface area contributed by atoms with Crippen LogP contribution in [0.5, 0.6) is 0 Å². The lowest BCUT2D eigenvalue weighted by Crippen LogP contribution is -2.39. The molecule has 122 valence electrons. The summed E-state index contributed by atoms with van der Waals surface area (Å²) in [6.07, 6.45) is 3.68. The molecule has 0 aliphatic heterocycles. The maximum Gasteiger partial charge on any atom is 0.220 e. The number of rotatable bonds is 8. The van der Waals surface area contributed by atoms with E-state index >= 15 is 0 Å². The predicted molar refractivity (Wildman–Crippen MR) is 92.5 cm³/mol. The van der Waals surface area contributed by atoms with Crippen molar-refractivity contribution in [3.63, 3.8) is 0 Å². The summed E-state index contributed by atoms with van der Waals surface area (Å²) >= 11 is 1.78. The molecule has 0 spiro atoms. The Morgan fingerprint density at radius 1 is 1.45 bits per heavy atom. The number of carbonyl (C=O) groups is 1. The van der Waals surface area contributed by atoms with Crippen molar-refractivity contribution in [1.82, 2.24) is 16.0 Å². The summed E-state index contributed by atoms with van der Waals surface area (Å²) in [6.45, 7) is 3.81. The molecule has 1 saturated carbocycles. The van der Waals surface area contributed by atoms with Gasteiger partial charge in [-0.1, -0.05) is 13.0 Å². The number of aliphatic imine (C=N–C) groups is 1. The highest BCUT2D eigenvalue weighted by Crippen LogP contribution is 2.19. The highest BCUT2D eigenvalue weighted by Gasteiger charge is 2.22. The van der Waals surface area contributed by atoms with Gasteiger partial charge in [-0.15, -0.1) is 11.3 Å². The first-order valence-electron chi connectivity index (χ1n) is 7.96. The van der Waals surface area contributed by atoms with Gasteiger partial charge in [-0.2, -0.15) is 0 Å². The van der Waals surface area contributed by atoms with Crippen LogP contribution in [-0.2, 0) is 4.79 Å². The van der Waals surface area contributed by atoms with Crippen molar-refractivity contribution >= 4 is 23.2 Å². The van der Waals surface area contributed by atoms with E-state index in [9.17, 15) is 4.79 Å². The van der Waals surface area contributed by atoms with Crippen molar-refractivity contribution in [1.29, 1.82) is 0 Å². The Labute approximate surface area is 136 Å². The first kappa shape index (κ1) is 16.8. The van der Waals surface area contributed by atoms with Crippen LogP contribution < -0.4 is 16.0 Å². The third-order valence-corrected chi connectivity index (χ3v) is 4.75. The quantitative estimate of drug-likeness (QED) is 0.390. The first-order valence-corrected chi connectivity index (χ1v) is 8.84. The van der Waals surface area contributed by atoms with Crippen LogP contribution in [0.2, 0.25) is 0 Å². The fourth-order valence-corrected chi connectivity index (χ4v) is 2.91. The summed E-state index contributed by atoms with van der Waals surface area (Å²) in [5.74, 6) is 1.42. The van der Waals surface area contributed by atoms with Crippen LogP contribution in [0, 0.1) is 0 Å². The van der Waals surface area contributed by atoms with Gasteiger partial charge in [0.15, 0.2) is 5.96 Å². The summed E-state index contributed by atoms with van der Waals surface area (Å²) in [5.41, 5.74) is 0. The second kappa shape index (κ2) is 8.78. The van der Waals surface area contributed by atoms with Gasteiger partial charge in [0.25, 0.3) is 0 Å². The van der Waals surface area contributed by atoms with Crippen LogP contribution in [0.1, 0.15) is 43.4 Å². The lowest BCUT2D eigenvalue weighted by molar-refractivity contribution is -0.121. The molecule has 0 aromatic carbocycles. The molecule has 0 radical (unpaired) electrons. The zero-order valence-corrected chi connectivity index (χ0v) is 14.2. The lowest BCUT2D eigenvalue weighted by Gasteiger charge is -2.15.